The quantitative estimate of drug-likeness (QED) is 0.415. The highest BCUT2D eigenvalue weighted by Crippen LogP contribution is 2.27. The Kier molecular flexibility index (Phi) is 10.4. The number of nitrogens with one attached hydrogen (secondary N) is 3. The van der Waals surface area contributed by atoms with E-state index in [1.54, 1.807) is 17.0 Å². The van der Waals surface area contributed by atoms with Crippen molar-refractivity contribution < 1.29 is 22.7 Å². The molecular formula is C27H35N3O4S. The third-order valence-electron chi connectivity index (χ3n) is 5.53. The Morgan fingerprint density at radius 1 is 0.857 bits per heavy atom. The number of amides is 2. The number of quaternary nitrogens is 1. The van der Waals surface area contributed by atoms with Crippen molar-refractivity contribution in [2.45, 2.75) is 51.6 Å². The Bertz CT molecular complexity index is 1190. The van der Waals surface area contributed by atoms with Gasteiger partial charge in [0.2, 0.25) is 0 Å². The monoisotopic (exact) mass is 497 g/mol. The fourth-order valence-corrected chi connectivity index (χ4v) is 4.48. The molecule has 0 fully saturated rings. The van der Waals surface area contributed by atoms with Gasteiger partial charge in [-0.15, -0.1) is 0 Å². The van der Waals surface area contributed by atoms with Crippen LogP contribution in [0, 0.1) is 0 Å². The second-order valence-electron chi connectivity index (χ2n) is 8.71. The van der Waals surface area contributed by atoms with Crippen LogP contribution in [-0.2, 0) is 10.1 Å². The van der Waals surface area contributed by atoms with Crippen molar-refractivity contribution >= 4 is 27.5 Å². The number of hydrogen-bond acceptors (Lipinski definition) is 4. The summed E-state index contributed by atoms with van der Waals surface area (Å²) in [7, 11) is -4.58. The molecule has 0 unspecified atom stereocenters. The van der Waals surface area contributed by atoms with E-state index in [9.17, 15) is 17.8 Å². The largest absolute Gasteiger partial charge is 0.744 e. The Hall–Kier alpha value is -3.20. The second kappa shape index (κ2) is 13.0. The third kappa shape index (κ3) is 8.83. The zero-order valence-corrected chi connectivity index (χ0v) is 21.7. The molecule has 0 aliphatic carbocycles. The fourth-order valence-electron chi connectivity index (χ4n) is 3.96. The van der Waals surface area contributed by atoms with E-state index in [0.717, 1.165) is 29.3 Å². The normalized spacial score (nSPS) is 11.2. The van der Waals surface area contributed by atoms with E-state index in [1.165, 1.54) is 24.7 Å². The van der Waals surface area contributed by atoms with Crippen molar-refractivity contribution in [2.24, 2.45) is 0 Å². The molecule has 8 heteroatoms. The summed E-state index contributed by atoms with van der Waals surface area (Å²) in [6.45, 7) is 12.6. The van der Waals surface area contributed by atoms with Gasteiger partial charge in [0.05, 0.1) is 29.2 Å². The standard InChI is InChI=1S/C19H16N2O4S.C8H19N/c22-19(20-15-9-6-10-16(13-15)26(23,24)25)21-18-12-5-4-11-17(18)14-7-2-1-3-8-14;1-6-9(7(2)3)8(4)5/h1-13H,(H2,20,21,22)(H,23,24,25);7-8H,6H2,1-5H3. The average Bonchev–Trinajstić information content (AvgIpc) is 2.80. The van der Waals surface area contributed by atoms with Crippen LogP contribution >= 0.6 is 0 Å². The van der Waals surface area contributed by atoms with E-state index >= 15 is 0 Å². The molecule has 0 saturated heterocycles. The Morgan fingerprint density at radius 3 is 2.00 bits per heavy atom. The first-order valence-electron chi connectivity index (χ1n) is 11.7. The molecule has 0 heterocycles. The van der Waals surface area contributed by atoms with Gasteiger partial charge in [0, 0.05) is 11.3 Å². The smallest absolute Gasteiger partial charge is 0.323 e. The van der Waals surface area contributed by atoms with Gasteiger partial charge in [0.25, 0.3) is 0 Å². The molecule has 2 amide bonds. The number of para-hydroxylation sites is 1. The summed E-state index contributed by atoms with van der Waals surface area (Å²) >= 11 is 0. The molecule has 0 radical (unpaired) electrons. The average molecular weight is 498 g/mol. The molecule has 0 aliphatic heterocycles. The lowest BCUT2D eigenvalue weighted by molar-refractivity contribution is -0.940. The highest BCUT2D eigenvalue weighted by molar-refractivity contribution is 7.85. The third-order valence-corrected chi connectivity index (χ3v) is 6.36. The number of rotatable bonds is 7. The van der Waals surface area contributed by atoms with Gasteiger partial charge < -0.3 is 20.1 Å². The van der Waals surface area contributed by atoms with E-state index in [1.807, 2.05) is 42.5 Å². The minimum absolute atomic E-state index is 0.205. The van der Waals surface area contributed by atoms with Gasteiger partial charge in [-0.2, -0.15) is 0 Å². The molecule has 0 aliphatic rings. The molecule has 0 bridgehead atoms. The molecule has 0 atom stereocenters. The summed E-state index contributed by atoms with van der Waals surface area (Å²) in [5.41, 5.74) is 2.60. The lowest BCUT2D eigenvalue weighted by Crippen LogP contribution is -3.17. The van der Waals surface area contributed by atoms with Crippen LogP contribution < -0.4 is 15.5 Å². The van der Waals surface area contributed by atoms with Crippen molar-refractivity contribution in [3.8, 4) is 11.1 Å². The minimum atomic E-state index is -4.58. The first-order chi connectivity index (χ1) is 16.5. The molecule has 0 saturated carbocycles. The maximum Gasteiger partial charge on any atom is 0.323 e. The fraction of sp³-hybridized carbons (Fsp3) is 0.296. The summed E-state index contributed by atoms with van der Waals surface area (Å²) in [5.74, 6) is 0. The SMILES string of the molecule is CC[NH+](C(C)C)C(C)C.O=C(Nc1cccc(S(=O)(=O)[O-])c1)Nc1ccccc1-c1ccccc1. The maximum absolute atomic E-state index is 12.3. The Labute approximate surface area is 208 Å². The van der Waals surface area contributed by atoms with Crippen molar-refractivity contribution in [3.63, 3.8) is 0 Å². The topological polar surface area (TPSA) is 103 Å². The van der Waals surface area contributed by atoms with Gasteiger partial charge in [-0.3, -0.25) is 0 Å². The van der Waals surface area contributed by atoms with E-state index in [-0.39, 0.29) is 5.69 Å². The van der Waals surface area contributed by atoms with Crippen LogP contribution in [0.4, 0.5) is 16.2 Å². The predicted octanol–water partition coefficient (Wildman–Crippen LogP) is 4.61. The van der Waals surface area contributed by atoms with Gasteiger partial charge >= 0.3 is 6.03 Å². The summed E-state index contributed by atoms with van der Waals surface area (Å²) in [6, 6.07) is 23.1. The van der Waals surface area contributed by atoms with Crippen molar-refractivity contribution in [1.82, 2.24) is 0 Å². The van der Waals surface area contributed by atoms with Gasteiger partial charge in [0.1, 0.15) is 10.1 Å². The van der Waals surface area contributed by atoms with Gasteiger partial charge in [-0.1, -0.05) is 54.6 Å². The lowest BCUT2D eigenvalue weighted by atomic mass is 10.0. The Morgan fingerprint density at radius 2 is 1.46 bits per heavy atom. The molecule has 0 spiro atoms. The molecule has 188 valence electrons. The summed E-state index contributed by atoms with van der Waals surface area (Å²) < 4.78 is 33.2. The molecule has 35 heavy (non-hydrogen) atoms. The van der Waals surface area contributed by atoms with E-state index in [0.29, 0.717) is 5.69 Å². The van der Waals surface area contributed by atoms with E-state index in [4.69, 9.17) is 0 Å². The number of benzene rings is 3. The van der Waals surface area contributed by atoms with Crippen molar-refractivity contribution in [3.05, 3.63) is 78.9 Å². The summed E-state index contributed by atoms with van der Waals surface area (Å²) in [6.07, 6.45) is 0. The van der Waals surface area contributed by atoms with Crippen molar-refractivity contribution in [1.29, 1.82) is 0 Å². The molecule has 3 aromatic carbocycles. The van der Waals surface area contributed by atoms with Gasteiger partial charge in [-0.05, 0) is 64.4 Å². The van der Waals surface area contributed by atoms with Crippen LogP contribution in [-0.4, -0.2) is 37.6 Å². The highest BCUT2D eigenvalue weighted by atomic mass is 32.2. The Balaban J connectivity index is 0.000000410. The van der Waals surface area contributed by atoms with Crippen LogP contribution in [0.5, 0.6) is 0 Å². The van der Waals surface area contributed by atoms with Crippen LogP contribution in [0.25, 0.3) is 11.1 Å². The number of urea groups is 1. The van der Waals surface area contributed by atoms with Crippen LogP contribution in [0.3, 0.4) is 0 Å². The maximum atomic E-state index is 12.3. The number of anilines is 2. The second-order valence-corrected chi connectivity index (χ2v) is 10.1. The van der Waals surface area contributed by atoms with E-state index < -0.39 is 21.0 Å². The predicted molar refractivity (Wildman–Crippen MR) is 141 cm³/mol. The summed E-state index contributed by atoms with van der Waals surface area (Å²) in [5, 5.41) is 5.27. The first-order valence-corrected chi connectivity index (χ1v) is 13.1. The molecule has 3 rings (SSSR count). The molecule has 3 aromatic rings. The van der Waals surface area contributed by atoms with Gasteiger partial charge in [0.15, 0.2) is 0 Å². The minimum Gasteiger partial charge on any atom is -0.744 e. The van der Waals surface area contributed by atoms with Crippen LogP contribution in [0.15, 0.2) is 83.8 Å². The number of hydrogen-bond donors (Lipinski definition) is 3. The van der Waals surface area contributed by atoms with Gasteiger partial charge in [-0.25, -0.2) is 13.2 Å². The molecular weight excluding hydrogens is 462 g/mol. The highest BCUT2D eigenvalue weighted by Gasteiger charge is 2.13. The zero-order valence-electron chi connectivity index (χ0n) is 20.9. The van der Waals surface area contributed by atoms with E-state index in [2.05, 4.69) is 45.3 Å². The van der Waals surface area contributed by atoms with Crippen LogP contribution in [0.2, 0.25) is 0 Å². The number of carbonyl (C=O) groups excluding carboxylic acids is 1. The summed E-state index contributed by atoms with van der Waals surface area (Å²) in [4.78, 5) is 13.6. The zero-order chi connectivity index (χ0) is 26.0. The molecule has 0 aromatic heterocycles. The van der Waals surface area contributed by atoms with Crippen molar-refractivity contribution in [2.75, 3.05) is 17.2 Å². The first kappa shape index (κ1) is 28.0. The lowest BCUT2D eigenvalue weighted by Gasteiger charge is -2.25. The number of carbonyl (C=O) groups is 1. The van der Waals surface area contributed by atoms with Crippen LogP contribution in [0.1, 0.15) is 34.6 Å². The molecule has 3 N–H and O–H groups in total. The molecule has 7 nitrogen and oxygen atoms in total.